The van der Waals surface area contributed by atoms with E-state index in [-0.39, 0.29) is 0 Å². The Morgan fingerprint density at radius 1 is 1.19 bits per heavy atom. The van der Waals surface area contributed by atoms with Gasteiger partial charge in [0.2, 0.25) is 0 Å². The van der Waals surface area contributed by atoms with Crippen molar-refractivity contribution in [2.45, 2.75) is 38.6 Å². The van der Waals surface area contributed by atoms with Crippen LogP contribution in [0.4, 0.5) is 0 Å². The van der Waals surface area contributed by atoms with Crippen molar-refractivity contribution in [3.63, 3.8) is 0 Å². The molecule has 1 aromatic carbocycles. The lowest BCUT2D eigenvalue weighted by Crippen LogP contribution is -2.20. The first-order valence-electron chi connectivity index (χ1n) is 6.36. The summed E-state index contributed by atoms with van der Waals surface area (Å²) >= 11 is 0. The molecule has 0 aromatic heterocycles. The highest BCUT2D eigenvalue weighted by molar-refractivity contribution is 5.29. The Labute approximate surface area is 98.0 Å². The summed E-state index contributed by atoms with van der Waals surface area (Å²) in [6.07, 6.45) is 5.27. The standard InChI is InChI=1S/C14H21NO/c1-2-16-13-9-7-12(8-10-13)14-6-4-3-5-11-15-14/h7-10,14-15H,2-6,11H2,1H3/t14-/m0/s1. The second kappa shape index (κ2) is 5.90. The fraction of sp³-hybridized carbons (Fsp3) is 0.571. The van der Waals surface area contributed by atoms with E-state index in [1.54, 1.807) is 0 Å². The second-order valence-corrected chi connectivity index (χ2v) is 4.36. The lowest BCUT2D eigenvalue weighted by atomic mass is 10.0. The van der Waals surface area contributed by atoms with Gasteiger partial charge in [0, 0.05) is 6.04 Å². The summed E-state index contributed by atoms with van der Waals surface area (Å²) < 4.78 is 5.45. The Hall–Kier alpha value is -1.02. The van der Waals surface area contributed by atoms with Gasteiger partial charge in [-0.25, -0.2) is 0 Å². The van der Waals surface area contributed by atoms with Crippen molar-refractivity contribution in [3.05, 3.63) is 29.8 Å². The molecule has 1 atom stereocenters. The molecule has 0 radical (unpaired) electrons. The molecule has 1 N–H and O–H groups in total. The number of hydrogen-bond acceptors (Lipinski definition) is 2. The van der Waals surface area contributed by atoms with Crippen LogP contribution >= 0.6 is 0 Å². The monoisotopic (exact) mass is 219 g/mol. The van der Waals surface area contributed by atoms with Crippen LogP contribution in [0.1, 0.15) is 44.2 Å². The lowest BCUT2D eigenvalue weighted by Gasteiger charge is -2.16. The van der Waals surface area contributed by atoms with E-state index in [1.165, 1.54) is 31.2 Å². The van der Waals surface area contributed by atoms with Gasteiger partial charge in [-0.2, -0.15) is 0 Å². The summed E-state index contributed by atoms with van der Waals surface area (Å²) in [6, 6.07) is 9.07. The summed E-state index contributed by atoms with van der Waals surface area (Å²) in [4.78, 5) is 0. The highest BCUT2D eigenvalue weighted by Gasteiger charge is 2.13. The minimum atomic E-state index is 0.540. The van der Waals surface area contributed by atoms with Crippen molar-refractivity contribution in [1.82, 2.24) is 5.32 Å². The molecule has 0 unspecified atom stereocenters. The number of ether oxygens (including phenoxy) is 1. The van der Waals surface area contributed by atoms with Gasteiger partial charge < -0.3 is 10.1 Å². The van der Waals surface area contributed by atoms with Crippen molar-refractivity contribution < 1.29 is 4.74 Å². The molecule has 2 heteroatoms. The van der Waals surface area contributed by atoms with Crippen LogP contribution < -0.4 is 10.1 Å². The van der Waals surface area contributed by atoms with Crippen LogP contribution in [0.2, 0.25) is 0 Å². The van der Waals surface area contributed by atoms with Gasteiger partial charge in [0.15, 0.2) is 0 Å². The smallest absolute Gasteiger partial charge is 0.119 e. The van der Waals surface area contributed by atoms with Gasteiger partial charge in [-0.15, -0.1) is 0 Å². The average Bonchev–Trinajstić information content (AvgIpc) is 2.59. The van der Waals surface area contributed by atoms with Crippen LogP contribution in [0.15, 0.2) is 24.3 Å². The van der Waals surface area contributed by atoms with Crippen LogP contribution in [0.25, 0.3) is 0 Å². The van der Waals surface area contributed by atoms with Gasteiger partial charge in [-0.1, -0.05) is 25.0 Å². The van der Waals surface area contributed by atoms with Gasteiger partial charge in [0.05, 0.1) is 6.61 Å². The molecular formula is C14H21NO. The highest BCUT2D eigenvalue weighted by Crippen LogP contribution is 2.24. The molecule has 1 heterocycles. The Balaban J connectivity index is 2.01. The molecular weight excluding hydrogens is 198 g/mol. The fourth-order valence-electron chi connectivity index (χ4n) is 2.28. The van der Waals surface area contributed by atoms with E-state index in [9.17, 15) is 0 Å². The summed E-state index contributed by atoms with van der Waals surface area (Å²) in [5.74, 6) is 0.972. The third kappa shape index (κ3) is 2.99. The summed E-state index contributed by atoms with van der Waals surface area (Å²) in [7, 11) is 0. The molecule has 88 valence electrons. The fourth-order valence-corrected chi connectivity index (χ4v) is 2.28. The van der Waals surface area contributed by atoms with Gasteiger partial charge in [-0.3, -0.25) is 0 Å². The van der Waals surface area contributed by atoms with Crippen molar-refractivity contribution in [3.8, 4) is 5.75 Å². The molecule has 16 heavy (non-hydrogen) atoms. The predicted octanol–water partition coefficient (Wildman–Crippen LogP) is 3.29. The van der Waals surface area contributed by atoms with Gasteiger partial charge in [-0.05, 0) is 44.0 Å². The first-order chi connectivity index (χ1) is 7.90. The van der Waals surface area contributed by atoms with E-state index < -0.39 is 0 Å². The molecule has 1 aliphatic rings. The average molecular weight is 219 g/mol. The van der Waals surface area contributed by atoms with Crippen molar-refractivity contribution in [2.24, 2.45) is 0 Å². The molecule has 1 fully saturated rings. The summed E-state index contributed by atoms with van der Waals surface area (Å²) in [6.45, 7) is 3.90. The molecule has 0 saturated carbocycles. The normalized spacial score (nSPS) is 21.4. The van der Waals surface area contributed by atoms with Crippen LogP contribution in [0.5, 0.6) is 5.75 Å². The summed E-state index contributed by atoms with van der Waals surface area (Å²) in [5.41, 5.74) is 1.39. The number of benzene rings is 1. The zero-order valence-electron chi connectivity index (χ0n) is 10.0. The lowest BCUT2D eigenvalue weighted by molar-refractivity contribution is 0.340. The quantitative estimate of drug-likeness (QED) is 0.842. The molecule has 1 aliphatic heterocycles. The van der Waals surface area contributed by atoms with Gasteiger partial charge in [0.1, 0.15) is 5.75 Å². The molecule has 1 aromatic rings. The van der Waals surface area contributed by atoms with Crippen LogP contribution in [0, 0.1) is 0 Å². The molecule has 0 spiro atoms. The van der Waals surface area contributed by atoms with E-state index in [1.807, 2.05) is 6.92 Å². The van der Waals surface area contributed by atoms with E-state index in [0.29, 0.717) is 6.04 Å². The largest absolute Gasteiger partial charge is 0.494 e. The minimum absolute atomic E-state index is 0.540. The Bertz CT molecular complexity index is 299. The van der Waals surface area contributed by atoms with Gasteiger partial charge in [0.25, 0.3) is 0 Å². The van der Waals surface area contributed by atoms with Gasteiger partial charge >= 0.3 is 0 Å². The number of rotatable bonds is 3. The van der Waals surface area contributed by atoms with Crippen LogP contribution in [-0.2, 0) is 0 Å². The summed E-state index contributed by atoms with van der Waals surface area (Å²) in [5, 5.41) is 3.61. The van der Waals surface area contributed by atoms with Crippen molar-refractivity contribution >= 4 is 0 Å². The molecule has 0 amide bonds. The van der Waals surface area contributed by atoms with E-state index in [2.05, 4.69) is 29.6 Å². The Morgan fingerprint density at radius 2 is 2.00 bits per heavy atom. The SMILES string of the molecule is CCOc1ccc([C@@H]2CCCCCN2)cc1. The van der Waals surface area contributed by atoms with E-state index in [4.69, 9.17) is 4.74 Å². The van der Waals surface area contributed by atoms with Crippen molar-refractivity contribution in [2.75, 3.05) is 13.2 Å². The third-order valence-electron chi connectivity index (χ3n) is 3.15. The molecule has 0 bridgehead atoms. The number of nitrogens with one attached hydrogen (secondary N) is 1. The van der Waals surface area contributed by atoms with E-state index >= 15 is 0 Å². The Kier molecular flexibility index (Phi) is 4.23. The zero-order chi connectivity index (χ0) is 11.2. The van der Waals surface area contributed by atoms with Crippen molar-refractivity contribution in [1.29, 1.82) is 0 Å². The van der Waals surface area contributed by atoms with E-state index in [0.717, 1.165) is 18.9 Å². The highest BCUT2D eigenvalue weighted by atomic mass is 16.5. The second-order valence-electron chi connectivity index (χ2n) is 4.36. The Morgan fingerprint density at radius 3 is 2.75 bits per heavy atom. The zero-order valence-corrected chi connectivity index (χ0v) is 10.0. The topological polar surface area (TPSA) is 21.3 Å². The first-order valence-corrected chi connectivity index (χ1v) is 6.36. The van der Waals surface area contributed by atoms with Crippen LogP contribution in [-0.4, -0.2) is 13.2 Å². The van der Waals surface area contributed by atoms with Crippen LogP contribution in [0.3, 0.4) is 0 Å². The first kappa shape index (κ1) is 11.5. The maximum absolute atomic E-state index is 5.45. The molecule has 2 nitrogen and oxygen atoms in total. The maximum Gasteiger partial charge on any atom is 0.119 e. The predicted molar refractivity (Wildman–Crippen MR) is 66.8 cm³/mol. The third-order valence-corrected chi connectivity index (χ3v) is 3.15. The molecule has 0 aliphatic carbocycles. The number of hydrogen-bond donors (Lipinski definition) is 1. The molecule has 2 rings (SSSR count). The molecule has 1 saturated heterocycles. The minimum Gasteiger partial charge on any atom is -0.494 e. The maximum atomic E-state index is 5.45.